The topological polar surface area (TPSA) is 72.7 Å². The molecule has 0 saturated carbocycles. The van der Waals surface area contributed by atoms with Gasteiger partial charge in [-0.3, -0.25) is 0 Å². The van der Waals surface area contributed by atoms with E-state index in [0.29, 0.717) is 0 Å². The van der Waals surface area contributed by atoms with Crippen molar-refractivity contribution in [2.45, 2.75) is 95.4 Å². The highest BCUT2D eigenvalue weighted by atomic mass is 35.5. The van der Waals surface area contributed by atoms with Gasteiger partial charge in [-0.15, -0.1) is 12.4 Å². The van der Waals surface area contributed by atoms with Gasteiger partial charge in [0.25, 0.3) is 0 Å². The molecule has 5 heteroatoms. The lowest BCUT2D eigenvalue weighted by Gasteiger charge is -2.19. The summed E-state index contributed by atoms with van der Waals surface area (Å²) in [6, 6.07) is 8.54. The second-order valence-corrected chi connectivity index (χ2v) is 8.80. The molecule has 0 unspecified atom stereocenters. The lowest BCUT2D eigenvalue weighted by atomic mass is 9.86. The van der Waals surface area contributed by atoms with Crippen molar-refractivity contribution in [1.82, 2.24) is 5.32 Å². The van der Waals surface area contributed by atoms with Crippen molar-refractivity contribution in [2.75, 3.05) is 6.61 Å². The highest BCUT2D eigenvalue weighted by Gasteiger charge is 2.39. The number of aliphatic hydroxyl groups excluding tert-OH is 3. The molecule has 27 heavy (non-hydrogen) atoms. The number of benzene rings is 1. The molecule has 0 aliphatic carbocycles. The minimum absolute atomic E-state index is 0. The maximum atomic E-state index is 9.97. The van der Waals surface area contributed by atoms with E-state index in [1.807, 2.05) is 0 Å². The second kappa shape index (κ2) is 11.4. The summed E-state index contributed by atoms with van der Waals surface area (Å²) >= 11 is 0. The van der Waals surface area contributed by atoms with Gasteiger partial charge in [-0.2, -0.15) is 0 Å². The third-order valence-electron chi connectivity index (χ3n) is 5.60. The van der Waals surface area contributed by atoms with E-state index in [1.54, 1.807) is 0 Å². The van der Waals surface area contributed by atoms with E-state index in [2.05, 4.69) is 50.4 Å². The monoisotopic (exact) mass is 399 g/mol. The maximum absolute atomic E-state index is 9.97. The van der Waals surface area contributed by atoms with Gasteiger partial charge >= 0.3 is 0 Å². The molecule has 2 rings (SSSR count). The zero-order valence-electron chi connectivity index (χ0n) is 17.0. The number of halogens is 1. The van der Waals surface area contributed by atoms with E-state index in [-0.39, 0.29) is 36.5 Å². The van der Waals surface area contributed by atoms with Gasteiger partial charge in [-0.1, -0.05) is 70.7 Å². The number of unbranched alkanes of at least 4 members (excludes halogenated alkanes) is 4. The average molecular weight is 400 g/mol. The second-order valence-electron chi connectivity index (χ2n) is 8.80. The Morgan fingerprint density at radius 1 is 0.852 bits per heavy atom. The molecule has 1 aromatic rings. The Kier molecular flexibility index (Phi) is 10.3. The van der Waals surface area contributed by atoms with Gasteiger partial charge in [0.15, 0.2) is 0 Å². The molecule has 1 saturated heterocycles. The summed E-state index contributed by atoms with van der Waals surface area (Å²) in [5.41, 5.74) is 3.02. The summed E-state index contributed by atoms with van der Waals surface area (Å²) in [5.74, 6) is 0. The van der Waals surface area contributed by atoms with Gasteiger partial charge in [0, 0.05) is 6.04 Å². The fraction of sp³-hybridized carbons (Fsp3) is 0.727. The molecular weight excluding hydrogens is 362 g/mol. The summed E-state index contributed by atoms with van der Waals surface area (Å²) in [5, 5.41) is 32.1. The first-order valence-corrected chi connectivity index (χ1v) is 10.2. The van der Waals surface area contributed by atoms with Gasteiger partial charge < -0.3 is 20.6 Å². The average Bonchev–Trinajstić information content (AvgIpc) is 2.88. The van der Waals surface area contributed by atoms with E-state index in [9.17, 15) is 10.2 Å². The maximum Gasteiger partial charge on any atom is 0.0989 e. The lowest BCUT2D eigenvalue weighted by Crippen LogP contribution is -2.36. The molecule has 0 bridgehead atoms. The largest absolute Gasteiger partial charge is 0.395 e. The van der Waals surface area contributed by atoms with Crippen molar-refractivity contribution in [1.29, 1.82) is 0 Å². The van der Waals surface area contributed by atoms with Crippen LogP contribution in [0.15, 0.2) is 24.3 Å². The minimum Gasteiger partial charge on any atom is -0.395 e. The predicted molar refractivity (Wildman–Crippen MR) is 114 cm³/mol. The Bertz CT molecular complexity index is 529. The Labute approximate surface area is 170 Å². The Balaban J connectivity index is 0.00000364. The van der Waals surface area contributed by atoms with Crippen molar-refractivity contribution in [3.8, 4) is 0 Å². The minimum atomic E-state index is -0.852. The summed E-state index contributed by atoms with van der Waals surface area (Å²) < 4.78 is 0. The summed E-state index contributed by atoms with van der Waals surface area (Å²) in [4.78, 5) is 0. The number of hydrogen-bond donors (Lipinski definition) is 4. The highest BCUT2D eigenvalue weighted by Crippen LogP contribution is 2.23. The first-order valence-electron chi connectivity index (χ1n) is 10.2. The molecule has 1 aliphatic rings. The van der Waals surface area contributed by atoms with Crippen LogP contribution in [0.3, 0.4) is 0 Å². The van der Waals surface area contributed by atoms with Crippen LogP contribution >= 0.6 is 12.4 Å². The van der Waals surface area contributed by atoms with E-state index < -0.39 is 12.2 Å². The quantitative estimate of drug-likeness (QED) is 0.480. The van der Waals surface area contributed by atoms with Crippen LogP contribution in [-0.2, 0) is 11.8 Å². The van der Waals surface area contributed by atoms with Crippen molar-refractivity contribution in [2.24, 2.45) is 0 Å². The standard InChI is InChI=1S/C22H37NO3.ClH/c1-22(2,3)17-13-11-16(12-14-17)9-7-5-4-6-8-10-18-20(25)21(26)19(15-24)23-18;/h11-14,18-21,23-26H,4-10,15H2,1-3H3;1H/t18-,19-,20-,21-;/m1./s1. The normalized spacial score (nSPS) is 25.4. The predicted octanol–water partition coefficient (Wildman–Crippen LogP) is 3.34. The van der Waals surface area contributed by atoms with Crippen molar-refractivity contribution < 1.29 is 15.3 Å². The van der Waals surface area contributed by atoms with Crippen LogP contribution in [0.25, 0.3) is 0 Å². The van der Waals surface area contributed by atoms with Gasteiger partial charge in [-0.25, -0.2) is 0 Å². The lowest BCUT2D eigenvalue weighted by molar-refractivity contribution is 0.0186. The molecule has 0 spiro atoms. The fourth-order valence-corrected chi connectivity index (χ4v) is 3.76. The molecule has 1 heterocycles. The van der Waals surface area contributed by atoms with Crippen LogP contribution in [0.5, 0.6) is 0 Å². The molecule has 4 N–H and O–H groups in total. The Morgan fingerprint density at radius 3 is 1.96 bits per heavy atom. The fourth-order valence-electron chi connectivity index (χ4n) is 3.76. The van der Waals surface area contributed by atoms with Gasteiger partial charge in [0.2, 0.25) is 0 Å². The van der Waals surface area contributed by atoms with Crippen molar-refractivity contribution in [3.05, 3.63) is 35.4 Å². The van der Waals surface area contributed by atoms with Crippen molar-refractivity contribution in [3.63, 3.8) is 0 Å². The third-order valence-corrected chi connectivity index (χ3v) is 5.60. The number of rotatable bonds is 9. The Hall–Kier alpha value is -0.650. The van der Waals surface area contributed by atoms with E-state index >= 15 is 0 Å². The summed E-state index contributed by atoms with van der Waals surface area (Å²) in [6.45, 7) is 6.59. The van der Waals surface area contributed by atoms with Crippen LogP contribution in [0.2, 0.25) is 0 Å². The molecule has 1 aromatic carbocycles. The molecule has 0 amide bonds. The smallest absolute Gasteiger partial charge is 0.0989 e. The molecule has 0 aromatic heterocycles. The SMILES string of the molecule is CC(C)(C)c1ccc(CCCCCCC[C@H]2N[C@H](CO)[C@@H](O)[C@@H]2O)cc1.Cl. The Morgan fingerprint density at radius 2 is 1.41 bits per heavy atom. The van der Waals surface area contributed by atoms with Gasteiger partial charge in [0.05, 0.1) is 24.9 Å². The van der Waals surface area contributed by atoms with Crippen LogP contribution in [0.1, 0.15) is 70.4 Å². The molecule has 4 nitrogen and oxygen atoms in total. The zero-order valence-corrected chi connectivity index (χ0v) is 17.8. The van der Waals surface area contributed by atoms with Gasteiger partial charge in [0.1, 0.15) is 0 Å². The van der Waals surface area contributed by atoms with Gasteiger partial charge in [-0.05, 0) is 35.8 Å². The number of hydrogen-bond acceptors (Lipinski definition) is 4. The third kappa shape index (κ3) is 7.35. The molecule has 156 valence electrons. The molecule has 1 fully saturated rings. The number of nitrogens with one attached hydrogen (secondary N) is 1. The van der Waals surface area contributed by atoms with Crippen LogP contribution < -0.4 is 5.32 Å². The number of aliphatic hydroxyl groups is 3. The molecular formula is C22H38ClNO3. The highest BCUT2D eigenvalue weighted by molar-refractivity contribution is 5.85. The van der Waals surface area contributed by atoms with Crippen LogP contribution in [-0.4, -0.2) is 46.2 Å². The van der Waals surface area contributed by atoms with E-state index in [4.69, 9.17) is 5.11 Å². The summed E-state index contributed by atoms with van der Waals surface area (Å²) in [7, 11) is 0. The zero-order chi connectivity index (χ0) is 19.2. The van der Waals surface area contributed by atoms with Crippen molar-refractivity contribution >= 4 is 12.4 Å². The molecule has 0 radical (unpaired) electrons. The van der Waals surface area contributed by atoms with Crippen LogP contribution in [0, 0.1) is 0 Å². The molecule has 1 aliphatic heterocycles. The van der Waals surface area contributed by atoms with E-state index in [1.165, 1.54) is 30.4 Å². The first kappa shape index (κ1) is 24.4. The van der Waals surface area contributed by atoms with Crippen LogP contribution in [0.4, 0.5) is 0 Å². The van der Waals surface area contributed by atoms with E-state index in [0.717, 1.165) is 25.7 Å². The number of aryl methyl sites for hydroxylation is 1. The summed E-state index contributed by atoms with van der Waals surface area (Å²) in [6.07, 6.45) is 6.20. The first-order chi connectivity index (χ1) is 12.3. The molecule has 4 atom stereocenters.